The highest BCUT2D eigenvalue weighted by atomic mass is 16.4. The number of aromatic nitrogens is 4. The SMILES string of the molecule is CC(c1nc2c(n1C)CCC(C(=O)O)C2)n1cccn1. The normalized spacial score (nSPS) is 19.6. The van der Waals surface area contributed by atoms with E-state index in [1.807, 2.05) is 24.0 Å². The monoisotopic (exact) mass is 274 g/mol. The highest BCUT2D eigenvalue weighted by molar-refractivity contribution is 5.70. The van der Waals surface area contributed by atoms with Gasteiger partial charge in [-0.2, -0.15) is 5.10 Å². The summed E-state index contributed by atoms with van der Waals surface area (Å²) in [4.78, 5) is 15.8. The number of carboxylic acids is 1. The van der Waals surface area contributed by atoms with Crippen molar-refractivity contribution in [3.05, 3.63) is 35.7 Å². The summed E-state index contributed by atoms with van der Waals surface area (Å²) in [6, 6.07) is 1.93. The third-order valence-electron chi connectivity index (χ3n) is 4.15. The Bertz CT molecular complexity index is 630. The van der Waals surface area contributed by atoms with E-state index in [1.165, 1.54) is 0 Å². The van der Waals surface area contributed by atoms with Gasteiger partial charge in [-0.15, -0.1) is 0 Å². The molecule has 1 N–H and O–H groups in total. The van der Waals surface area contributed by atoms with Crippen LogP contribution in [0.15, 0.2) is 18.5 Å². The van der Waals surface area contributed by atoms with Gasteiger partial charge in [0.05, 0.1) is 11.6 Å². The van der Waals surface area contributed by atoms with Crippen molar-refractivity contribution in [1.29, 1.82) is 0 Å². The number of aliphatic carboxylic acids is 1. The summed E-state index contributed by atoms with van der Waals surface area (Å²) in [5.74, 6) is -0.0852. The summed E-state index contributed by atoms with van der Waals surface area (Å²) >= 11 is 0. The molecule has 0 saturated heterocycles. The van der Waals surface area contributed by atoms with Crippen molar-refractivity contribution in [3.63, 3.8) is 0 Å². The molecule has 3 rings (SSSR count). The minimum absolute atomic E-state index is 0.0453. The fourth-order valence-corrected chi connectivity index (χ4v) is 2.94. The minimum Gasteiger partial charge on any atom is -0.481 e. The number of nitrogens with zero attached hydrogens (tertiary/aromatic N) is 4. The van der Waals surface area contributed by atoms with Crippen LogP contribution in [0.5, 0.6) is 0 Å². The Kier molecular flexibility index (Phi) is 3.08. The number of carboxylic acid groups (broad SMARTS) is 1. The maximum absolute atomic E-state index is 11.1. The standard InChI is InChI=1S/C14H18N4O2/c1-9(18-7-3-6-15-18)13-16-11-8-10(14(19)20)4-5-12(11)17(13)2/h3,6-7,9-10H,4-5,8H2,1-2H3,(H,19,20). The lowest BCUT2D eigenvalue weighted by Gasteiger charge is -2.18. The van der Waals surface area contributed by atoms with E-state index in [1.54, 1.807) is 6.20 Å². The lowest BCUT2D eigenvalue weighted by Crippen LogP contribution is -2.22. The third kappa shape index (κ3) is 2.01. The van der Waals surface area contributed by atoms with Crippen LogP contribution in [0.3, 0.4) is 0 Å². The maximum Gasteiger partial charge on any atom is 0.306 e. The Hall–Kier alpha value is -2.11. The highest BCUT2D eigenvalue weighted by Gasteiger charge is 2.29. The van der Waals surface area contributed by atoms with Gasteiger partial charge < -0.3 is 9.67 Å². The average molecular weight is 274 g/mol. The van der Waals surface area contributed by atoms with Gasteiger partial charge in [-0.05, 0) is 25.8 Å². The molecule has 0 aliphatic heterocycles. The van der Waals surface area contributed by atoms with Crippen molar-refractivity contribution < 1.29 is 9.90 Å². The van der Waals surface area contributed by atoms with Gasteiger partial charge in [-0.1, -0.05) is 0 Å². The first-order valence-corrected chi connectivity index (χ1v) is 6.84. The summed E-state index contributed by atoms with van der Waals surface area (Å²) in [6.45, 7) is 2.05. The quantitative estimate of drug-likeness (QED) is 0.918. The van der Waals surface area contributed by atoms with Gasteiger partial charge in [-0.3, -0.25) is 9.48 Å². The number of hydrogen-bond donors (Lipinski definition) is 1. The highest BCUT2D eigenvalue weighted by Crippen LogP contribution is 2.28. The van der Waals surface area contributed by atoms with Crippen LogP contribution in [-0.2, 0) is 24.7 Å². The molecule has 2 heterocycles. The second-order valence-electron chi connectivity index (χ2n) is 5.36. The topological polar surface area (TPSA) is 72.9 Å². The lowest BCUT2D eigenvalue weighted by atomic mass is 9.90. The van der Waals surface area contributed by atoms with E-state index >= 15 is 0 Å². The molecule has 106 valence electrons. The van der Waals surface area contributed by atoms with E-state index in [-0.39, 0.29) is 12.0 Å². The fourth-order valence-electron chi connectivity index (χ4n) is 2.94. The van der Waals surface area contributed by atoms with E-state index in [4.69, 9.17) is 5.11 Å². The predicted octanol–water partition coefficient (Wildman–Crippen LogP) is 1.42. The van der Waals surface area contributed by atoms with Gasteiger partial charge in [0, 0.05) is 31.6 Å². The molecule has 0 amide bonds. The van der Waals surface area contributed by atoms with E-state index in [9.17, 15) is 4.79 Å². The van der Waals surface area contributed by atoms with E-state index in [0.717, 1.165) is 23.6 Å². The van der Waals surface area contributed by atoms with E-state index in [2.05, 4.69) is 21.6 Å². The molecular formula is C14H18N4O2. The first kappa shape index (κ1) is 12.9. The molecule has 0 bridgehead atoms. The van der Waals surface area contributed by atoms with Crippen LogP contribution in [0.2, 0.25) is 0 Å². The average Bonchev–Trinajstić information content (AvgIpc) is 3.06. The largest absolute Gasteiger partial charge is 0.481 e. The second kappa shape index (κ2) is 4.77. The molecule has 2 aromatic heterocycles. The molecule has 6 nitrogen and oxygen atoms in total. The molecular weight excluding hydrogens is 256 g/mol. The van der Waals surface area contributed by atoms with Crippen LogP contribution >= 0.6 is 0 Å². The van der Waals surface area contributed by atoms with Gasteiger partial charge in [0.15, 0.2) is 0 Å². The third-order valence-corrected chi connectivity index (χ3v) is 4.15. The van der Waals surface area contributed by atoms with Gasteiger partial charge in [-0.25, -0.2) is 4.98 Å². The Morgan fingerprint density at radius 1 is 1.55 bits per heavy atom. The molecule has 0 aromatic carbocycles. The number of imidazole rings is 1. The Labute approximate surface area is 117 Å². The zero-order chi connectivity index (χ0) is 14.3. The van der Waals surface area contributed by atoms with Crippen LogP contribution in [-0.4, -0.2) is 30.4 Å². The predicted molar refractivity (Wildman–Crippen MR) is 72.4 cm³/mol. The zero-order valence-corrected chi connectivity index (χ0v) is 11.7. The fraction of sp³-hybridized carbons (Fsp3) is 0.500. The zero-order valence-electron chi connectivity index (χ0n) is 11.7. The molecule has 0 spiro atoms. The molecule has 2 atom stereocenters. The number of carbonyl (C=O) groups is 1. The minimum atomic E-state index is -0.719. The second-order valence-corrected chi connectivity index (χ2v) is 5.36. The van der Waals surface area contributed by atoms with E-state index in [0.29, 0.717) is 12.8 Å². The molecule has 2 unspecified atom stereocenters. The van der Waals surface area contributed by atoms with Crippen molar-refractivity contribution in [2.75, 3.05) is 0 Å². The molecule has 0 saturated carbocycles. The summed E-state index contributed by atoms with van der Waals surface area (Å²) < 4.78 is 3.96. The van der Waals surface area contributed by atoms with Crippen LogP contribution < -0.4 is 0 Å². The van der Waals surface area contributed by atoms with Crippen LogP contribution in [0.1, 0.15) is 36.6 Å². The lowest BCUT2D eigenvalue weighted by molar-refractivity contribution is -0.142. The van der Waals surface area contributed by atoms with E-state index < -0.39 is 5.97 Å². The molecule has 20 heavy (non-hydrogen) atoms. The number of hydrogen-bond acceptors (Lipinski definition) is 3. The Balaban J connectivity index is 1.94. The number of fused-ring (bicyclic) bond motifs is 1. The summed E-state index contributed by atoms with van der Waals surface area (Å²) in [6.07, 6.45) is 5.67. The van der Waals surface area contributed by atoms with Gasteiger partial charge >= 0.3 is 5.97 Å². The van der Waals surface area contributed by atoms with Crippen molar-refractivity contribution in [1.82, 2.24) is 19.3 Å². The van der Waals surface area contributed by atoms with Gasteiger partial charge in [0.25, 0.3) is 0 Å². The maximum atomic E-state index is 11.1. The van der Waals surface area contributed by atoms with Crippen LogP contribution in [0.4, 0.5) is 0 Å². The van der Waals surface area contributed by atoms with Crippen LogP contribution in [0, 0.1) is 5.92 Å². The van der Waals surface area contributed by atoms with Crippen molar-refractivity contribution in [2.24, 2.45) is 13.0 Å². The molecule has 1 aliphatic rings. The first-order chi connectivity index (χ1) is 9.58. The van der Waals surface area contributed by atoms with Crippen molar-refractivity contribution >= 4 is 5.97 Å². The smallest absolute Gasteiger partial charge is 0.306 e. The van der Waals surface area contributed by atoms with Crippen LogP contribution in [0.25, 0.3) is 0 Å². The Morgan fingerprint density at radius 3 is 3.00 bits per heavy atom. The van der Waals surface area contributed by atoms with Crippen molar-refractivity contribution in [2.45, 2.75) is 32.2 Å². The summed E-state index contributed by atoms with van der Waals surface area (Å²) in [7, 11) is 2.00. The Morgan fingerprint density at radius 2 is 2.35 bits per heavy atom. The molecule has 0 fully saturated rings. The molecule has 2 aromatic rings. The van der Waals surface area contributed by atoms with Crippen molar-refractivity contribution in [3.8, 4) is 0 Å². The molecule has 1 aliphatic carbocycles. The first-order valence-electron chi connectivity index (χ1n) is 6.84. The summed E-state index contributed by atoms with van der Waals surface area (Å²) in [5, 5.41) is 13.4. The molecule has 6 heteroatoms. The van der Waals surface area contributed by atoms with Gasteiger partial charge in [0.2, 0.25) is 0 Å². The van der Waals surface area contributed by atoms with Gasteiger partial charge in [0.1, 0.15) is 11.9 Å². The molecule has 0 radical (unpaired) electrons. The number of rotatable bonds is 3. The summed E-state index contributed by atoms with van der Waals surface area (Å²) in [5.41, 5.74) is 2.09.